The summed E-state index contributed by atoms with van der Waals surface area (Å²) in [6, 6.07) is 39.2. The normalized spacial score (nSPS) is 13.8. The van der Waals surface area contributed by atoms with E-state index in [1.54, 1.807) is 5.31 Å². The molecule has 0 atom stereocenters. The molecule has 0 unspecified atom stereocenters. The predicted molar refractivity (Wildman–Crippen MR) is 238 cm³/mol. The van der Waals surface area contributed by atoms with Gasteiger partial charge in [0.15, 0.2) is 0 Å². The molecule has 4 aromatic rings. The lowest BCUT2D eigenvalue weighted by Gasteiger charge is -2.34. The topological polar surface area (TPSA) is 0 Å². The summed E-state index contributed by atoms with van der Waals surface area (Å²) in [4.78, 5) is 0. The average molecular weight is 741 g/mol. The van der Waals surface area contributed by atoms with Crippen molar-refractivity contribution in [2.75, 3.05) is 0 Å². The van der Waals surface area contributed by atoms with Crippen LogP contribution in [0.3, 0.4) is 0 Å². The Bertz CT molecular complexity index is 1570. The van der Waals surface area contributed by atoms with E-state index in [4.69, 9.17) is 0 Å². The molecule has 0 aliphatic heterocycles. The van der Waals surface area contributed by atoms with Gasteiger partial charge < -0.3 is 0 Å². The Morgan fingerprint density at radius 1 is 0.396 bits per heavy atom. The first kappa shape index (κ1) is 39.1. The van der Waals surface area contributed by atoms with Crippen LogP contribution in [-0.4, -0.2) is 32.3 Å². The molecule has 0 nitrogen and oxygen atoms in total. The van der Waals surface area contributed by atoms with E-state index in [1.165, 1.54) is 42.0 Å². The van der Waals surface area contributed by atoms with Gasteiger partial charge in [-0.2, -0.15) is 0 Å². The van der Waals surface area contributed by atoms with Crippen molar-refractivity contribution < 1.29 is 0 Å². The first-order chi connectivity index (χ1) is 22.0. The van der Waals surface area contributed by atoms with Crippen molar-refractivity contribution in [2.24, 2.45) is 5.41 Å². The van der Waals surface area contributed by atoms with Crippen molar-refractivity contribution in [1.29, 1.82) is 0 Å². The number of allylic oxidation sites excluding steroid dienone is 1. The Morgan fingerprint density at radius 3 is 0.833 bits per heavy atom. The summed E-state index contributed by atoms with van der Waals surface area (Å²) >= 11 is 0. The first-order valence-electron chi connectivity index (χ1n) is 17.7. The molecule has 0 bridgehead atoms. The van der Waals surface area contributed by atoms with Crippen molar-refractivity contribution in [3.8, 4) is 0 Å². The summed E-state index contributed by atoms with van der Waals surface area (Å²) in [5.41, 5.74) is -0.00227. The minimum atomic E-state index is -1.41. The third-order valence-corrected chi connectivity index (χ3v) is 22.9. The van der Waals surface area contributed by atoms with Crippen LogP contribution in [0.15, 0.2) is 108 Å². The van der Waals surface area contributed by atoms with Crippen molar-refractivity contribution >= 4 is 90.1 Å². The van der Waals surface area contributed by atoms with Gasteiger partial charge >= 0.3 is 0 Å². The minimum Gasteiger partial charge on any atom is -0.0656 e. The van der Waals surface area contributed by atoms with Crippen LogP contribution < -0.4 is 42.0 Å². The molecular weight excluding hydrogens is 679 g/mol. The summed E-state index contributed by atoms with van der Waals surface area (Å²) in [6.45, 7) is 36.7. The van der Waals surface area contributed by atoms with Gasteiger partial charge in [-0.25, -0.2) is 0 Å². The van der Waals surface area contributed by atoms with Crippen molar-refractivity contribution in [2.45, 2.75) is 99.3 Å². The summed E-state index contributed by atoms with van der Waals surface area (Å²) < 4.78 is 0. The van der Waals surface area contributed by atoms with Crippen molar-refractivity contribution in [1.82, 2.24) is 0 Å². The van der Waals surface area contributed by atoms with Gasteiger partial charge in [0.1, 0.15) is 0 Å². The molecule has 4 rings (SSSR count). The monoisotopic (exact) mass is 740 g/mol. The molecule has 0 aliphatic rings. The zero-order chi connectivity index (χ0) is 35.9. The molecule has 4 aromatic carbocycles. The van der Waals surface area contributed by atoms with Gasteiger partial charge in [0.25, 0.3) is 0 Å². The van der Waals surface area contributed by atoms with Crippen LogP contribution in [0.5, 0.6) is 0 Å². The molecule has 0 aromatic heterocycles. The lowest BCUT2D eigenvalue weighted by Crippen LogP contribution is -2.38. The van der Waals surface area contributed by atoms with E-state index >= 15 is 0 Å². The van der Waals surface area contributed by atoms with Crippen LogP contribution >= 0.6 is 15.8 Å². The Morgan fingerprint density at radius 2 is 0.625 bits per heavy atom. The number of benzene rings is 4. The Balaban J connectivity index is 2.00. The summed E-state index contributed by atoms with van der Waals surface area (Å²) in [5.74, 6) is 2.74. The van der Waals surface area contributed by atoms with Crippen molar-refractivity contribution in [3.63, 3.8) is 0 Å². The summed E-state index contributed by atoms with van der Waals surface area (Å²) in [6.07, 6.45) is 0. The maximum Gasteiger partial charge on any atom is 0.0775 e. The molecule has 0 heterocycles. The van der Waals surface area contributed by atoms with Crippen LogP contribution in [0.2, 0.25) is 78.6 Å². The standard InChI is InChI=1S/C42H62P2Si4/c1-42(2,3)41(44(35-20-28-39(29-21-35)47(10,11)12)36-22-30-40(31-23-36)48(13,14)15)32-43(33-16-24-37(25-17-33)45(4,5)6)34-18-26-38(27-19-34)46(7,8)9/h16-32H,1-15H3/b41-32-. The van der Waals surface area contributed by atoms with Crippen LogP contribution in [0.25, 0.3) is 0 Å². The smallest absolute Gasteiger partial charge is 0.0656 e. The maximum atomic E-state index is 2.74. The lowest BCUT2D eigenvalue weighted by molar-refractivity contribution is 0.533. The van der Waals surface area contributed by atoms with Gasteiger partial charge in [-0.3, -0.25) is 0 Å². The highest BCUT2D eigenvalue weighted by Crippen LogP contribution is 2.55. The molecule has 0 N–H and O–H groups in total. The van der Waals surface area contributed by atoms with E-state index in [0.29, 0.717) is 0 Å². The average Bonchev–Trinajstić information content (AvgIpc) is 2.97. The first-order valence-corrected chi connectivity index (χ1v) is 34.5. The molecule has 0 fully saturated rings. The molecule has 0 radical (unpaired) electrons. The Kier molecular flexibility index (Phi) is 11.8. The fourth-order valence-electron chi connectivity index (χ4n) is 5.90. The van der Waals surface area contributed by atoms with E-state index in [9.17, 15) is 0 Å². The molecule has 6 heteroatoms. The maximum absolute atomic E-state index is 2.74. The van der Waals surface area contributed by atoms with Crippen molar-refractivity contribution in [3.05, 3.63) is 108 Å². The van der Waals surface area contributed by atoms with E-state index in [2.05, 4.69) is 202 Å². The highest BCUT2D eigenvalue weighted by Gasteiger charge is 2.31. The van der Waals surface area contributed by atoms with Gasteiger partial charge in [-0.15, -0.1) is 0 Å². The highest BCUT2D eigenvalue weighted by atomic mass is 31.1. The van der Waals surface area contributed by atoms with Crippen LogP contribution in [-0.2, 0) is 0 Å². The van der Waals surface area contributed by atoms with Gasteiger partial charge in [0.05, 0.1) is 32.3 Å². The van der Waals surface area contributed by atoms with Crippen LogP contribution in [0.1, 0.15) is 20.8 Å². The molecule has 256 valence electrons. The van der Waals surface area contributed by atoms with Gasteiger partial charge in [0.2, 0.25) is 0 Å². The van der Waals surface area contributed by atoms with Crippen LogP contribution in [0, 0.1) is 5.41 Å². The SMILES string of the molecule is CC(C)(C)/C(=C/P(c1ccc([Si](C)(C)C)cc1)c1ccc([Si](C)(C)C)cc1)P(c1ccc([Si](C)(C)C)cc1)c1ccc([Si](C)(C)C)cc1. The zero-order valence-corrected chi connectivity index (χ0v) is 38.5. The fourth-order valence-corrected chi connectivity index (χ4v) is 16.0. The van der Waals surface area contributed by atoms with Gasteiger partial charge in [-0.1, -0.05) is 217 Å². The second-order valence-electron chi connectivity index (χ2n) is 18.7. The van der Waals surface area contributed by atoms with E-state index in [1.807, 2.05) is 0 Å². The number of rotatable bonds is 10. The predicted octanol–water partition coefficient (Wildman–Crippen LogP) is 9.32. The lowest BCUT2D eigenvalue weighted by atomic mass is 9.97. The molecule has 0 aliphatic carbocycles. The third kappa shape index (κ3) is 9.77. The zero-order valence-electron chi connectivity index (χ0n) is 32.7. The van der Waals surface area contributed by atoms with E-state index in [0.717, 1.165) is 0 Å². The third-order valence-electron chi connectivity index (χ3n) is 9.27. The van der Waals surface area contributed by atoms with Gasteiger partial charge in [-0.05, 0) is 53.6 Å². The number of hydrogen-bond donors (Lipinski definition) is 0. The summed E-state index contributed by atoms with van der Waals surface area (Å²) in [5, 5.41) is 13.5. The highest BCUT2D eigenvalue weighted by molar-refractivity contribution is 7.80. The van der Waals surface area contributed by atoms with E-state index in [-0.39, 0.29) is 5.41 Å². The fraction of sp³-hybridized carbons (Fsp3) is 0.381. The quantitative estimate of drug-likeness (QED) is 0.112. The van der Waals surface area contributed by atoms with Gasteiger partial charge in [0, 0.05) is 0 Å². The molecule has 0 saturated carbocycles. The Hall–Kier alpha value is -1.65. The number of hydrogen-bond acceptors (Lipinski definition) is 0. The van der Waals surface area contributed by atoms with E-state index < -0.39 is 48.1 Å². The second kappa shape index (κ2) is 14.5. The summed E-state index contributed by atoms with van der Waals surface area (Å²) in [7, 11) is -7.07. The molecule has 0 saturated heterocycles. The molecule has 48 heavy (non-hydrogen) atoms. The Labute approximate surface area is 301 Å². The molecule has 0 amide bonds. The molecular formula is C42H62P2Si4. The second-order valence-corrected chi connectivity index (χ2v) is 43.2. The largest absolute Gasteiger partial charge is 0.0775 e. The minimum absolute atomic E-state index is 0.00227. The van der Waals surface area contributed by atoms with Crippen LogP contribution in [0.4, 0.5) is 0 Å². The molecule has 0 spiro atoms.